The Morgan fingerprint density at radius 2 is 1.88 bits per heavy atom. The van der Waals surface area contributed by atoms with Gasteiger partial charge in [-0.15, -0.1) is 0 Å². The summed E-state index contributed by atoms with van der Waals surface area (Å²) < 4.78 is 0.944. The number of nitriles is 1. The summed E-state index contributed by atoms with van der Waals surface area (Å²) in [7, 11) is 0. The molecular formula is C13H16N2S2. The van der Waals surface area contributed by atoms with Gasteiger partial charge in [0.15, 0.2) is 0 Å². The van der Waals surface area contributed by atoms with Crippen molar-refractivity contribution in [1.82, 2.24) is 4.90 Å². The van der Waals surface area contributed by atoms with Crippen LogP contribution >= 0.6 is 24.0 Å². The molecule has 1 aromatic rings. The molecule has 0 N–H and O–H groups in total. The first kappa shape index (κ1) is 14.0. The molecule has 0 atom stereocenters. The second-order valence-electron chi connectivity index (χ2n) is 3.54. The fourth-order valence-electron chi connectivity index (χ4n) is 1.39. The summed E-state index contributed by atoms with van der Waals surface area (Å²) >= 11 is 7.03. The van der Waals surface area contributed by atoms with Crippen LogP contribution in [-0.2, 0) is 5.75 Å². The Balaban J connectivity index is 2.50. The Morgan fingerprint density at radius 3 is 2.35 bits per heavy atom. The van der Waals surface area contributed by atoms with Gasteiger partial charge in [0.25, 0.3) is 0 Å². The second-order valence-corrected chi connectivity index (χ2v) is 5.14. The molecule has 0 saturated carbocycles. The van der Waals surface area contributed by atoms with E-state index in [-0.39, 0.29) is 0 Å². The maximum Gasteiger partial charge on any atom is 0.136 e. The highest BCUT2D eigenvalue weighted by Gasteiger charge is 2.05. The molecule has 4 heteroatoms. The monoisotopic (exact) mass is 264 g/mol. The predicted molar refractivity (Wildman–Crippen MR) is 78.0 cm³/mol. The van der Waals surface area contributed by atoms with E-state index in [0.29, 0.717) is 5.56 Å². The van der Waals surface area contributed by atoms with Crippen LogP contribution in [0.3, 0.4) is 0 Å². The lowest BCUT2D eigenvalue weighted by Crippen LogP contribution is -2.26. The molecular weight excluding hydrogens is 248 g/mol. The van der Waals surface area contributed by atoms with Crippen LogP contribution in [0.15, 0.2) is 24.3 Å². The molecule has 0 aliphatic rings. The molecule has 0 bridgehead atoms. The van der Waals surface area contributed by atoms with Gasteiger partial charge in [-0.1, -0.05) is 36.1 Å². The van der Waals surface area contributed by atoms with Gasteiger partial charge in [-0.3, -0.25) is 0 Å². The Hall–Kier alpha value is -1.05. The molecule has 0 aliphatic heterocycles. The van der Waals surface area contributed by atoms with Crippen LogP contribution in [0, 0.1) is 11.3 Å². The highest BCUT2D eigenvalue weighted by atomic mass is 32.2. The lowest BCUT2D eigenvalue weighted by molar-refractivity contribution is 0.482. The van der Waals surface area contributed by atoms with Crippen molar-refractivity contribution >= 4 is 28.3 Å². The van der Waals surface area contributed by atoms with Gasteiger partial charge in [0.1, 0.15) is 4.32 Å². The minimum absolute atomic E-state index is 0.699. The van der Waals surface area contributed by atoms with E-state index in [2.05, 4.69) is 24.8 Å². The second kappa shape index (κ2) is 7.31. The van der Waals surface area contributed by atoms with E-state index in [1.165, 1.54) is 5.56 Å². The maximum atomic E-state index is 8.70. The van der Waals surface area contributed by atoms with Gasteiger partial charge in [-0.05, 0) is 31.5 Å². The van der Waals surface area contributed by atoms with Crippen LogP contribution in [-0.4, -0.2) is 22.3 Å². The molecule has 90 valence electrons. The van der Waals surface area contributed by atoms with Crippen LogP contribution in [0.1, 0.15) is 25.0 Å². The SMILES string of the molecule is CCN(CC)C(=S)SCc1ccc(C#N)cc1. The number of hydrogen-bond acceptors (Lipinski definition) is 3. The van der Waals surface area contributed by atoms with Gasteiger partial charge in [-0.2, -0.15) is 5.26 Å². The minimum Gasteiger partial charge on any atom is -0.358 e. The summed E-state index contributed by atoms with van der Waals surface area (Å²) in [6, 6.07) is 9.77. The van der Waals surface area contributed by atoms with E-state index in [1.54, 1.807) is 11.8 Å². The summed E-state index contributed by atoms with van der Waals surface area (Å²) in [5.74, 6) is 0.862. The molecule has 0 saturated heterocycles. The van der Waals surface area contributed by atoms with E-state index in [0.717, 1.165) is 23.2 Å². The molecule has 0 amide bonds. The highest BCUT2D eigenvalue weighted by molar-refractivity contribution is 8.22. The molecule has 2 nitrogen and oxygen atoms in total. The number of rotatable bonds is 4. The summed E-state index contributed by atoms with van der Waals surface area (Å²) in [4.78, 5) is 2.17. The number of nitrogens with zero attached hydrogens (tertiary/aromatic N) is 2. The van der Waals surface area contributed by atoms with Crippen molar-refractivity contribution in [2.45, 2.75) is 19.6 Å². The number of hydrogen-bond donors (Lipinski definition) is 0. The zero-order valence-electron chi connectivity index (χ0n) is 10.1. The molecule has 17 heavy (non-hydrogen) atoms. The topological polar surface area (TPSA) is 27.0 Å². The van der Waals surface area contributed by atoms with E-state index in [4.69, 9.17) is 17.5 Å². The maximum absolute atomic E-state index is 8.70. The third-order valence-corrected chi connectivity index (χ3v) is 4.06. The largest absolute Gasteiger partial charge is 0.358 e. The average molecular weight is 264 g/mol. The molecule has 0 unspecified atom stereocenters. The smallest absolute Gasteiger partial charge is 0.136 e. The Kier molecular flexibility index (Phi) is 6.03. The van der Waals surface area contributed by atoms with E-state index in [1.807, 2.05) is 24.3 Å². The molecule has 0 heterocycles. The zero-order valence-corrected chi connectivity index (χ0v) is 11.8. The first-order valence-corrected chi connectivity index (χ1v) is 7.01. The first-order valence-electron chi connectivity index (χ1n) is 5.62. The highest BCUT2D eigenvalue weighted by Crippen LogP contribution is 2.16. The van der Waals surface area contributed by atoms with Crippen molar-refractivity contribution in [2.24, 2.45) is 0 Å². The Labute approximate surface area is 113 Å². The summed E-state index contributed by atoms with van der Waals surface area (Å²) in [5.41, 5.74) is 1.90. The van der Waals surface area contributed by atoms with Gasteiger partial charge < -0.3 is 4.90 Å². The molecule has 0 aromatic heterocycles. The van der Waals surface area contributed by atoms with Crippen molar-refractivity contribution in [3.63, 3.8) is 0 Å². The van der Waals surface area contributed by atoms with Crippen LogP contribution in [0.2, 0.25) is 0 Å². The molecule has 1 aromatic carbocycles. The van der Waals surface area contributed by atoms with Crippen molar-refractivity contribution < 1.29 is 0 Å². The van der Waals surface area contributed by atoms with Gasteiger partial charge in [-0.25, -0.2) is 0 Å². The third kappa shape index (κ3) is 4.37. The summed E-state index contributed by atoms with van der Waals surface area (Å²) in [6.45, 7) is 6.13. The molecule has 0 fully saturated rings. The lowest BCUT2D eigenvalue weighted by atomic mass is 10.2. The van der Waals surface area contributed by atoms with Crippen LogP contribution in [0.25, 0.3) is 0 Å². The minimum atomic E-state index is 0.699. The fraction of sp³-hybridized carbons (Fsp3) is 0.385. The Morgan fingerprint density at radius 1 is 1.29 bits per heavy atom. The predicted octanol–water partition coefficient (Wildman–Crippen LogP) is 3.42. The molecule has 0 aliphatic carbocycles. The first-order chi connectivity index (χ1) is 8.21. The Bertz CT molecular complexity index is 402. The van der Waals surface area contributed by atoms with Crippen molar-refractivity contribution in [3.05, 3.63) is 35.4 Å². The standard InChI is InChI=1S/C13H16N2S2/c1-3-15(4-2)13(16)17-10-12-7-5-11(9-14)6-8-12/h5-8H,3-4,10H2,1-2H3. The fourth-order valence-corrected chi connectivity index (χ4v) is 2.75. The van der Waals surface area contributed by atoms with Crippen molar-refractivity contribution in [3.8, 4) is 6.07 Å². The summed E-state index contributed by atoms with van der Waals surface area (Å²) in [6.07, 6.45) is 0. The van der Waals surface area contributed by atoms with Crippen LogP contribution in [0.5, 0.6) is 0 Å². The van der Waals surface area contributed by atoms with Gasteiger partial charge >= 0.3 is 0 Å². The van der Waals surface area contributed by atoms with E-state index < -0.39 is 0 Å². The normalized spacial score (nSPS) is 9.71. The zero-order chi connectivity index (χ0) is 12.7. The van der Waals surface area contributed by atoms with Crippen molar-refractivity contribution in [2.75, 3.05) is 13.1 Å². The van der Waals surface area contributed by atoms with Gasteiger partial charge in [0.2, 0.25) is 0 Å². The van der Waals surface area contributed by atoms with Gasteiger partial charge in [0, 0.05) is 18.8 Å². The van der Waals surface area contributed by atoms with Crippen LogP contribution < -0.4 is 0 Å². The van der Waals surface area contributed by atoms with E-state index >= 15 is 0 Å². The number of benzene rings is 1. The van der Waals surface area contributed by atoms with E-state index in [9.17, 15) is 0 Å². The molecule has 0 spiro atoms. The lowest BCUT2D eigenvalue weighted by Gasteiger charge is -2.20. The molecule has 0 radical (unpaired) electrons. The quantitative estimate of drug-likeness (QED) is 0.779. The van der Waals surface area contributed by atoms with Gasteiger partial charge in [0.05, 0.1) is 11.6 Å². The van der Waals surface area contributed by atoms with Crippen molar-refractivity contribution in [1.29, 1.82) is 5.26 Å². The summed E-state index contributed by atoms with van der Waals surface area (Å²) in [5, 5.41) is 8.70. The number of thiocarbonyl (C=S) groups is 1. The third-order valence-electron chi connectivity index (χ3n) is 2.47. The molecule has 1 rings (SSSR count). The van der Waals surface area contributed by atoms with Crippen LogP contribution in [0.4, 0.5) is 0 Å². The average Bonchev–Trinajstić information content (AvgIpc) is 2.38. The number of thioether (sulfide) groups is 1.